The van der Waals surface area contributed by atoms with E-state index in [0.717, 1.165) is 33.5 Å². The Hall–Kier alpha value is -2.90. The van der Waals surface area contributed by atoms with Crippen molar-refractivity contribution in [3.8, 4) is 10.4 Å². The van der Waals surface area contributed by atoms with E-state index in [-0.39, 0.29) is 18.9 Å². The number of hydrogen-bond donors (Lipinski definition) is 1. The number of halogens is 3. The van der Waals surface area contributed by atoms with Crippen molar-refractivity contribution in [1.82, 2.24) is 4.57 Å². The van der Waals surface area contributed by atoms with Gasteiger partial charge in [0, 0.05) is 27.9 Å². The molecule has 0 unspecified atom stereocenters. The summed E-state index contributed by atoms with van der Waals surface area (Å²) in [4.78, 5) is 13.2. The summed E-state index contributed by atoms with van der Waals surface area (Å²) in [6.07, 6.45) is -4.42. The number of aromatic nitrogens is 1. The Bertz CT molecular complexity index is 1240. The van der Waals surface area contributed by atoms with Crippen molar-refractivity contribution >= 4 is 28.0 Å². The van der Waals surface area contributed by atoms with Gasteiger partial charge in [-0.1, -0.05) is 30.3 Å². The number of Topliss-reactive ketones (excluding diaryl/α,β-unsaturated/α-hetero) is 1. The fourth-order valence-electron chi connectivity index (χ4n) is 3.67. The third-order valence-corrected chi connectivity index (χ3v) is 6.23. The number of fused-ring (bicyclic) bond motifs is 1. The third kappa shape index (κ3) is 3.66. The number of para-hydroxylation sites is 1. The van der Waals surface area contributed by atoms with Gasteiger partial charge in [0.2, 0.25) is 0 Å². The number of hydrogen-bond acceptors (Lipinski definition) is 3. The highest BCUT2D eigenvalue weighted by Gasteiger charge is 2.30. The average Bonchev–Trinajstić information content (AvgIpc) is 3.31. The smallest absolute Gasteiger partial charge is 0.390 e. The highest BCUT2D eigenvalue weighted by molar-refractivity contribution is 7.17. The predicted octanol–water partition coefficient (Wildman–Crippen LogP) is 6.13. The summed E-state index contributed by atoms with van der Waals surface area (Å²) >= 11 is 1.34. The lowest BCUT2D eigenvalue weighted by Crippen LogP contribution is -2.08. The summed E-state index contributed by atoms with van der Waals surface area (Å²) in [7, 11) is 0. The zero-order valence-corrected chi connectivity index (χ0v) is 16.8. The molecule has 0 fully saturated rings. The van der Waals surface area contributed by atoms with Crippen LogP contribution in [0.4, 0.5) is 13.2 Å². The fraction of sp³-hybridized carbons (Fsp3) is 0.174. The van der Waals surface area contributed by atoms with Gasteiger partial charge in [-0.3, -0.25) is 4.79 Å². The first-order valence-corrected chi connectivity index (χ1v) is 10.1. The first kappa shape index (κ1) is 20.4. The van der Waals surface area contributed by atoms with Gasteiger partial charge < -0.3 is 9.67 Å². The van der Waals surface area contributed by atoms with Crippen LogP contribution in [0.5, 0.6) is 0 Å². The van der Waals surface area contributed by atoms with E-state index < -0.39 is 11.7 Å². The number of aliphatic hydroxyl groups is 1. The molecule has 2 aromatic heterocycles. The SMILES string of the molecule is CC(=O)c1ccc(-c2c(CO)n(Cc3cccc(C(F)(F)F)c3)c3ccccc23)s1. The van der Waals surface area contributed by atoms with Crippen molar-refractivity contribution in [3.05, 3.63) is 82.4 Å². The van der Waals surface area contributed by atoms with Gasteiger partial charge in [0.1, 0.15) is 0 Å². The lowest BCUT2D eigenvalue weighted by atomic mass is 10.1. The highest BCUT2D eigenvalue weighted by atomic mass is 32.1. The van der Waals surface area contributed by atoms with Crippen LogP contribution in [0, 0.1) is 0 Å². The second kappa shape index (κ2) is 7.74. The normalized spacial score (nSPS) is 11.9. The number of rotatable bonds is 5. The first-order chi connectivity index (χ1) is 14.3. The summed E-state index contributed by atoms with van der Waals surface area (Å²) in [5.74, 6) is -0.0375. The highest BCUT2D eigenvalue weighted by Crippen LogP contribution is 2.39. The minimum absolute atomic E-state index is 0.0375. The number of carbonyl (C=O) groups is 1. The van der Waals surface area contributed by atoms with E-state index in [9.17, 15) is 23.1 Å². The molecule has 30 heavy (non-hydrogen) atoms. The van der Waals surface area contributed by atoms with Crippen molar-refractivity contribution in [2.45, 2.75) is 26.3 Å². The molecule has 2 heterocycles. The van der Waals surface area contributed by atoms with E-state index in [2.05, 4.69) is 0 Å². The molecule has 2 aromatic carbocycles. The molecule has 154 valence electrons. The Kier molecular flexibility index (Phi) is 5.26. The summed E-state index contributed by atoms with van der Waals surface area (Å²) in [6.45, 7) is 1.40. The van der Waals surface area contributed by atoms with Crippen LogP contribution in [-0.2, 0) is 19.3 Å². The van der Waals surface area contributed by atoms with Crippen LogP contribution in [-0.4, -0.2) is 15.5 Å². The Morgan fingerprint density at radius 2 is 1.83 bits per heavy atom. The van der Waals surface area contributed by atoms with Crippen molar-refractivity contribution in [3.63, 3.8) is 0 Å². The number of alkyl halides is 3. The van der Waals surface area contributed by atoms with E-state index in [1.165, 1.54) is 24.3 Å². The molecule has 0 aliphatic rings. The minimum Gasteiger partial charge on any atom is -0.390 e. The second-order valence-corrected chi connectivity index (χ2v) is 8.09. The van der Waals surface area contributed by atoms with Gasteiger partial charge >= 0.3 is 6.18 Å². The summed E-state index contributed by atoms with van der Waals surface area (Å²) in [5.41, 5.74) is 2.00. The summed E-state index contributed by atoms with van der Waals surface area (Å²) in [5, 5.41) is 11.1. The van der Waals surface area contributed by atoms with Crippen molar-refractivity contribution < 1.29 is 23.1 Å². The van der Waals surface area contributed by atoms with Crippen LogP contribution in [0.1, 0.15) is 33.4 Å². The van der Waals surface area contributed by atoms with Gasteiger partial charge in [-0.05, 0) is 42.8 Å². The molecule has 4 rings (SSSR count). The summed E-state index contributed by atoms with van der Waals surface area (Å²) in [6, 6.07) is 16.3. The zero-order chi connectivity index (χ0) is 21.5. The molecule has 0 saturated heterocycles. The molecule has 0 radical (unpaired) electrons. The van der Waals surface area contributed by atoms with Crippen LogP contribution >= 0.6 is 11.3 Å². The largest absolute Gasteiger partial charge is 0.416 e. The molecule has 0 bridgehead atoms. The van der Waals surface area contributed by atoms with Crippen LogP contribution in [0.2, 0.25) is 0 Å². The summed E-state index contributed by atoms with van der Waals surface area (Å²) < 4.78 is 41.2. The molecule has 0 spiro atoms. The van der Waals surface area contributed by atoms with E-state index in [1.54, 1.807) is 12.1 Å². The monoisotopic (exact) mass is 429 g/mol. The molecule has 0 saturated carbocycles. The molecular formula is C23H18F3NO2S. The standard InChI is InChI=1S/C23H18F3NO2S/c1-14(29)20-9-10-21(30-20)22-17-7-2-3-8-18(17)27(19(22)13-28)12-15-5-4-6-16(11-15)23(24,25)26/h2-11,28H,12-13H2,1H3. The van der Waals surface area contributed by atoms with Crippen molar-refractivity contribution in [2.24, 2.45) is 0 Å². The second-order valence-electron chi connectivity index (χ2n) is 7.00. The van der Waals surface area contributed by atoms with E-state index >= 15 is 0 Å². The maximum Gasteiger partial charge on any atom is 0.416 e. The van der Waals surface area contributed by atoms with E-state index in [1.807, 2.05) is 34.9 Å². The van der Waals surface area contributed by atoms with Gasteiger partial charge in [0.15, 0.2) is 5.78 Å². The number of thiophene rings is 1. The van der Waals surface area contributed by atoms with Crippen molar-refractivity contribution in [2.75, 3.05) is 0 Å². The Balaban J connectivity index is 1.88. The molecule has 7 heteroatoms. The van der Waals surface area contributed by atoms with Crippen LogP contribution in [0.3, 0.4) is 0 Å². The van der Waals surface area contributed by atoms with E-state index in [4.69, 9.17) is 0 Å². The van der Waals surface area contributed by atoms with Gasteiger partial charge in [-0.25, -0.2) is 0 Å². The number of benzene rings is 2. The maximum absolute atomic E-state index is 13.1. The lowest BCUT2D eigenvalue weighted by Gasteiger charge is -2.13. The molecule has 0 amide bonds. The molecule has 0 aliphatic heterocycles. The van der Waals surface area contributed by atoms with Gasteiger partial charge in [0.05, 0.1) is 22.7 Å². The lowest BCUT2D eigenvalue weighted by molar-refractivity contribution is -0.137. The molecule has 4 aromatic rings. The number of nitrogens with zero attached hydrogens (tertiary/aromatic N) is 1. The predicted molar refractivity (Wildman–Crippen MR) is 112 cm³/mol. The Morgan fingerprint density at radius 3 is 2.50 bits per heavy atom. The number of aliphatic hydroxyl groups excluding tert-OH is 1. The van der Waals surface area contributed by atoms with E-state index in [0.29, 0.717) is 16.1 Å². The zero-order valence-electron chi connectivity index (χ0n) is 16.0. The Labute approximate surface area is 175 Å². The Morgan fingerprint density at radius 1 is 1.07 bits per heavy atom. The van der Waals surface area contributed by atoms with Gasteiger partial charge in [-0.2, -0.15) is 13.2 Å². The molecular weight excluding hydrogens is 411 g/mol. The number of carbonyl (C=O) groups excluding carboxylic acids is 1. The van der Waals surface area contributed by atoms with Crippen molar-refractivity contribution in [1.29, 1.82) is 0 Å². The van der Waals surface area contributed by atoms with Crippen LogP contribution in [0.25, 0.3) is 21.3 Å². The van der Waals surface area contributed by atoms with Gasteiger partial charge in [-0.15, -0.1) is 11.3 Å². The van der Waals surface area contributed by atoms with Crippen LogP contribution in [0.15, 0.2) is 60.7 Å². The van der Waals surface area contributed by atoms with Crippen LogP contribution < -0.4 is 0 Å². The first-order valence-electron chi connectivity index (χ1n) is 9.28. The quantitative estimate of drug-likeness (QED) is 0.388. The molecule has 1 N–H and O–H groups in total. The average molecular weight is 429 g/mol. The topological polar surface area (TPSA) is 42.2 Å². The third-order valence-electron chi connectivity index (χ3n) is 5.02. The maximum atomic E-state index is 13.1. The van der Waals surface area contributed by atoms with Gasteiger partial charge in [0.25, 0.3) is 0 Å². The molecule has 3 nitrogen and oxygen atoms in total. The minimum atomic E-state index is -4.42. The molecule has 0 atom stereocenters. The fourth-order valence-corrected chi connectivity index (χ4v) is 4.65. The number of ketones is 1. The molecule has 0 aliphatic carbocycles.